The number of carbonyl (C=O) groups excluding carboxylic acids is 1. The maximum absolute atomic E-state index is 13.2. The van der Waals surface area contributed by atoms with E-state index in [0.717, 1.165) is 31.6 Å². The molecule has 3 N–H and O–H groups in total. The summed E-state index contributed by atoms with van der Waals surface area (Å²) >= 11 is 0. The Kier molecular flexibility index (Phi) is 6.94. The van der Waals surface area contributed by atoms with Crippen molar-refractivity contribution in [2.75, 3.05) is 35.8 Å². The Morgan fingerprint density at radius 1 is 1.17 bits per heavy atom. The molecule has 2 aromatic carbocycles. The normalized spacial score (nSPS) is 15.5. The molecule has 0 aromatic heterocycles. The van der Waals surface area contributed by atoms with E-state index in [4.69, 9.17) is 0 Å². The van der Waals surface area contributed by atoms with Crippen molar-refractivity contribution in [1.82, 2.24) is 10.6 Å². The van der Waals surface area contributed by atoms with Crippen LogP contribution in [0.25, 0.3) is 0 Å². The van der Waals surface area contributed by atoms with Crippen LogP contribution in [-0.2, 0) is 10.0 Å². The Balaban J connectivity index is 1.96. The molecule has 0 aliphatic carbocycles. The molecule has 30 heavy (non-hydrogen) atoms. The highest BCUT2D eigenvalue weighted by Crippen LogP contribution is 2.30. The van der Waals surface area contributed by atoms with E-state index in [9.17, 15) is 17.6 Å². The summed E-state index contributed by atoms with van der Waals surface area (Å²) in [7, 11) is -3.95. The molecule has 0 saturated carbocycles. The first kappa shape index (κ1) is 22.0. The summed E-state index contributed by atoms with van der Waals surface area (Å²) in [6.45, 7) is 6.86. The first-order chi connectivity index (χ1) is 14.3. The molecule has 1 heterocycles. The third kappa shape index (κ3) is 5.28. The van der Waals surface area contributed by atoms with Crippen LogP contribution in [0.3, 0.4) is 0 Å². The highest BCUT2D eigenvalue weighted by molar-refractivity contribution is 7.92. The Morgan fingerprint density at radius 3 is 2.47 bits per heavy atom. The summed E-state index contributed by atoms with van der Waals surface area (Å²) in [6, 6.07) is 9.64. The summed E-state index contributed by atoms with van der Waals surface area (Å²) in [4.78, 5) is 14.6. The van der Waals surface area contributed by atoms with Gasteiger partial charge in [-0.05, 0) is 55.8 Å². The van der Waals surface area contributed by atoms with Gasteiger partial charge in [-0.3, -0.25) is 9.52 Å². The van der Waals surface area contributed by atoms with Crippen LogP contribution >= 0.6 is 0 Å². The van der Waals surface area contributed by atoms with Crippen LogP contribution in [0.15, 0.2) is 47.4 Å². The Morgan fingerprint density at radius 2 is 1.83 bits per heavy atom. The monoisotopic (exact) mass is 434 g/mol. The van der Waals surface area contributed by atoms with Gasteiger partial charge >= 0.3 is 0 Å². The number of benzene rings is 2. The van der Waals surface area contributed by atoms with E-state index in [0.29, 0.717) is 30.0 Å². The molecular weight excluding hydrogens is 407 g/mol. The van der Waals surface area contributed by atoms with Gasteiger partial charge in [-0.15, -0.1) is 0 Å². The summed E-state index contributed by atoms with van der Waals surface area (Å²) in [6.07, 6.45) is 0.786. The van der Waals surface area contributed by atoms with Crippen molar-refractivity contribution in [3.05, 3.63) is 53.8 Å². The molecule has 1 aliphatic heterocycles. The second-order valence-electron chi connectivity index (χ2n) is 7.31. The van der Waals surface area contributed by atoms with Gasteiger partial charge in [-0.1, -0.05) is 6.92 Å². The van der Waals surface area contributed by atoms with Gasteiger partial charge in [0, 0.05) is 37.8 Å². The van der Waals surface area contributed by atoms with Crippen LogP contribution in [0.1, 0.15) is 30.6 Å². The molecule has 2 aromatic rings. The number of anilines is 2. The first-order valence-corrected chi connectivity index (χ1v) is 11.5. The number of halogens is 1. The van der Waals surface area contributed by atoms with Gasteiger partial charge in [0.1, 0.15) is 5.82 Å². The topological polar surface area (TPSA) is 90.5 Å². The average Bonchev–Trinajstić information content (AvgIpc) is 2.74. The SMILES string of the molecule is CC[C@@H](C)NC(=O)c1ccc(N2CCNCC2)c(NS(=O)(=O)c2ccc(F)cc2)c1. The minimum atomic E-state index is -3.95. The van der Waals surface area contributed by atoms with Crippen LogP contribution in [0.2, 0.25) is 0 Å². The Hall–Kier alpha value is -2.65. The maximum atomic E-state index is 13.2. The van der Waals surface area contributed by atoms with Gasteiger partial charge in [0.25, 0.3) is 15.9 Å². The number of rotatable bonds is 7. The largest absolute Gasteiger partial charge is 0.367 e. The fraction of sp³-hybridized carbons (Fsp3) is 0.381. The highest BCUT2D eigenvalue weighted by Gasteiger charge is 2.21. The van der Waals surface area contributed by atoms with Crippen molar-refractivity contribution in [3.8, 4) is 0 Å². The molecule has 0 bridgehead atoms. The van der Waals surface area contributed by atoms with E-state index in [-0.39, 0.29) is 16.8 Å². The number of piperazine rings is 1. The van der Waals surface area contributed by atoms with Gasteiger partial charge in [0.2, 0.25) is 0 Å². The molecular formula is C21H27FN4O3S. The Bertz CT molecular complexity index is 990. The van der Waals surface area contributed by atoms with Crippen molar-refractivity contribution in [3.63, 3.8) is 0 Å². The van der Waals surface area contributed by atoms with Crippen molar-refractivity contribution in [2.45, 2.75) is 31.2 Å². The number of hydrogen-bond acceptors (Lipinski definition) is 5. The first-order valence-electron chi connectivity index (χ1n) is 9.99. The molecule has 1 aliphatic rings. The fourth-order valence-corrected chi connectivity index (χ4v) is 4.23. The standard InChI is InChI=1S/C21H27FN4O3S/c1-3-15(2)24-21(27)16-4-9-20(26-12-10-23-11-13-26)19(14-16)25-30(28,29)18-7-5-17(22)6-8-18/h4-9,14-15,23,25H,3,10-13H2,1-2H3,(H,24,27)/t15-/m1/s1. The van der Waals surface area contributed by atoms with E-state index in [1.165, 1.54) is 12.1 Å². The molecule has 0 unspecified atom stereocenters. The molecule has 1 atom stereocenters. The quantitative estimate of drug-likeness (QED) is 0.623. The lowest BCUT2D eigenvalue weighted by molar-refractivity contribution is 0.0939. The van der Waals surface area contributed by atoms with Gasteiger partial charge < -0.3 is 15.5 Å². The Labute approximate surface area is 176 Å². The molecule has 1 fully saturated rings. The number of nitrogens with zero attached hydrogens (tertiary/aromatic N) is 1. The maximum Gasteiger partial charge on any atom is 0.261 e. The predicted molar refractivity (Wildman–Crippen MR) is 116 cm³/mol. The molecule has 7 nitrogen and oxygen atoms in total. The summed E-state index contributed by atoms with van der Waals surface area (Å²) < 4.78 is 41.6. The van der Waals surface area contributed by atoms with Crippen LogP contribution < -0.4 is 20.3 Å². The summed E-state index contributed by atoms with van der Waals surface area (Å²) in [5.41, 5.74) is 1.38. The number of carbonyl (C=O) groups is 1. The van der Waals surface area contributed by atoms with Gasteiger partial charge in [-0.2, -0.15) is 0 Å². The van der Waals surface area contributed by atoms with E-state index >= 15 is 0 Å². The van der Waals surface area contributed by atoms with Crippen molar-refractivity contribution in [1.29, 1.82) is 0 Å². The van der Waals surface area contributed by atoms with Crippen molar-refractivity contribution >= 4 is 27.3 Å². The second-order valence-corrected chi connectivity index (χ2v) is 8.99. The number of sulfonamides is 1. The van der Waals surface area contributed by atoms with Gasteiger partial charge in [-0.25, -0.2) is 12.8 Å². The lowest BCUT2D eigenvalue weighted by Crippen LogP contribution is -2.43. The molecule has 1 amide bonds. The summed E-state index contributed by atoms with van der Waals surface area (Å²) in [5, 5.41) is 6.15. The molecule has 9 heteroatoms. The zero-order valence-electron chi connectivity index (χ0n) is 17.1. The average molecular weight is 435 g/mol. The lowest BCUT2D eigenvalue weighted by atomic mass is 10.1. The van der Waals surface area contributed by atoms with E-state index in [2.05, 4.69) is 20.3 Å². The highest BCUT2D eigenvalue weighted by atomic mass is 32.2. The van der Waals surface area contributed by atoms with E-state index < -0.39 is 15.8 Å². The van der Waals surface area contributed by atoms with Crippen LogP contribution in [-0.4, -0.2) is 46.5 Å². The fourth-order valence-electron chi connectivity index (χ4n) is 3.17. The molecule has 0 radical (unpaired) electrons. The van der Waals surface area contributed by atoms with Crippen molar-refractivity contribution < 1.29 is 17.6 Å². The number of hydrogen-bond donors (Lipinski definition) is 3. The van der Waals surface area contributed by atoms with E-state index in [1.807, 2.05) is 13.8 Å². The predicted octanol–water partition coefficient (Wildman–Crippen LogP) is 2.56. The van der Waals surface area contributed by atoms with Crippen LogP contribution in [0.4, 0.5) is 15.8 Å². The smallest absolute Gasteiger partial charge is 0.261 e. The summed E-state index contributed by atoms with van der Waals surface area (Å²) in [5.74, 6) is -0.780. The zero-order chi connectivity index (χ0) is 21.7. The second kappa shape index (κ2) is 9.44. The van der Waals surface area contributed by atoms with Crippen LogP contribution in [0, 0.1) is 5.82 Å². The minimum Gasteiger partial charge on any atom is -0.367 e. The number of nitrogens with one attached hydrogen (secondary N) is 3. The minimum absolute atomic E-state index is 0.00435. The third-order valence-electron chi connectivity index (χ3n) is 5.07. The lowest BCUT2D eigenvalue weighted by Gasteiger charge is -2.31. The van der Waals surface area contributed by atoms with E-state index in [1.54, 1.807) is 18.2 Å². The molecule has 3 rings (SSSR count). The molecule has 1 saturated heterocycles. The van der Waals surface area contributed by atoms with Crippen LogP contribution in [0.5, 0.6) is 0 Å². The zero-order valence-corrected chi connectivity index (χ0v) is 17.9. The van der Waals surface area contributed by atoms with Gasteiger partial charge in [0.15, 0.2) is 0 Å². The molecule has 162 valence electrons. The third-order valence-corrected chi connectivity index (χ3v) is 6.46. The number of amides is 1. The van der Waals surface area contributed by atoms with Gasteiger partial charge in [0.05, 0.1) is 16.3 Å². The molecule has 0 spiro atoms. The van der Waals surface area contributed by atoms with Crippen molar-refractivity contribution in [2.24, 2.45) is 0 Å².